The van der Waals surface area contributed by atoms with Crippen LogP contribution in [0, 0.1) is 5.92 Å². The van der Waals surface area contributed by atoms with E-state index >= 15 is 0 Å². The minimum atomic E-state index is -0.153. The molecule has 2 unspecified atom stereocenters. The van der Waals surface area contributed by atoms with Crippen LogP contribution in [-0.4, -0.2) is 19.5 Å². The number of H-pyrrole nitrogens is 1. The lowest BCUT2D eigenvalue weighted by molar-refractivity contribution is 0.509. The molecule has 154 valence electrons. The van der Waals surface area contributed by atoms with Gasteiger partial charge < -0.3 is 4.98 Å². The number of para-hydroxylation sites is 1. The van der Waals surface area contributed by atoms with E-state index in [1.807, 2.05) is 25.1 Å². The number of nitrogens with zero attached hydrogens (tertiary/aromatic N) is 3. The molecule has 0 bridgehead atoms. The third-order valence-electron chi connectivity index (χ3n) is 5.79. The van der Waals surface area contributed by atoms with Crippen LogP contribution in [0.15, 0.2) is 39.0 Å². The van der Waals surface area contributed by atoms with Crippen molar-refractivity contribution in [2.45, 2.75) is 43.5 Å². The Balaban J connectivity index is 1.53. The number of thiophene rings is 1. The average molecular weight is 439 g/mol. The summed E-state index contributed by atoms with van der Waals surface area (Å²) in [6.07, 6.45) is 3.10. The van der Waals surface area contributed by atoms with Crippen LogP contribution in [0.4, 0.5) is 0 Å². The molecule has 1 aromatic carbocycles. The van der Waals surface area contributed by atoms with Crippen LogP contribution in [0.25, 0.3) is 21.1 Å². The summed E-state index contributed by atoms with van der Waals surface area (Å²) in [7, 11) is 1.73. The molecule has 1 aliphatic carbocycles. The zero-order chi connectivity index (χ0) is 21.0. The van der Waals surface area contributed by atoms with E-state index in [1.54, 1.807) is 29.0 Å². The molecule has 0 aliphatic heterocycles. The first-order valence-corrected chi connectivity index (χ1v) is 11.8. The Morgan fingerprint density at radius 3 is 2.90 bits per heavy atom. The Labute approximate surface area is 181 Å². The summed E-state index contributed by atoms with van der Waals surface area (Å²) >= 11 is 3.08. The van der Waals surface area contributed by atoms with Crippen LogP contribution in [0.5, 0.6) is 0 Å². The van der Waals surface area contributed by atoms with Crippen LogP contribution >= 0.6 is 23.1 Å². The van der Waals surface area contributed by atoms with Crippen molar-refractivity contribution in [1.82, 2.24) is 19.5 Å². The first-order valence-electron chi connectivity index (χ1n) is 10.1. The zero-order valence-corrected chi connectivity index (χ0v) is 18.7. The van der Waals surface area contributed by atoms with Gasteiger partial charge in [-0.05, 0) is 49.8 Å². The molecule has 8 heteroatoms. The third-order valence-corrected chi connectivity index (χ3v) is 8.09. The maximum absolute atomic E-state index is 12.9. The molecule has 0 saturated heterocycles. The fraction of sp³-hybridized carbons (Fsp3) is 0.364. The SMILES string of the molecule is CC1CCc2c(sc3nc(C(C)Sc4nc5ccccc5c(=O)n4C)[nH]c(=O)c23)C1. The van der Waals surface area contributed by atoms with E-state index < -0.39 is 0 Å². The van der Waals surface area contributed by atoms with Gasteiger partial charge in [0.2, 0.25) is 0 Å². The van der Waals surface area contributed by atoms with Crippen molar-refractivity contribution >= 4 is 44.2 Å². The van der Waals surface area contributed by atoms with Crippen LogP contribution in [0.3, 0.4) is 0 Å². The molecule has 0 spiro atoms. The van der Waals surface area contributed by atoms with E-state index in [4.69, 9.17) is 4.98 Å². The molecule has 0 radical (unpaired) electrons. The molecule has 3 aromatic heterocycles. The van der Waals surface area contributed by atoms with E-state index in [-0.39, 0.29) is 16.4 Å². The Morgan fingerprint density at radius 2 is 2.07 bits per heavy atom. The van der Waals surface area contributed by atoms with Crippen molar-refractivity contribution in [3.63, 3.8) is 0 Å². The lowest BCUT2D eigenvalue weighted by Crippen LogP contribution is -2.20. The second kappa shape index (κ2) is 7.35. The second-order valence-corrected chi connectivity index (χ2v) is 10.4. The van der Waals surface area contributed by atoms with Crippen molar-refractivity contribution < 1.29 is 0 Å². The van der Waals surface area contributed by atoms with Crippen LogP contribution in [-0.2, 0) is 19.9 Å². The van der Waals surface area contributed by atoms with Gasteiger partial charge in [-0.1, -0.05) is 30.8 Å². The van der Waals surface area contributed by atoms with Gasteiger partial charge in [0.05, 0.1) is 21.5 Å². The number of hydrogen-bond acceptors (Lipinski definition) is 6. The maximum Gasteiger partial charge on any atom is 0.261 e. The molecule has 1 aliphatic rings. The molecule has 0 fully saturated rings. The molecule has 3 heterocycles. The number of aromatic nitrogens is 4. The normalized spacial score (nSPS) is 17.4. The number of nitrogens with one attached hydrogen (secondary N) is 1. The molecule has 0 amide bonds. The first kappa shape index (κ1) is 19.5. The highest BCUT2D eigenvalue weighted by Crippen LogP contribution is 2.37. The molecule has 0 saturated carbocycles. The van der Waals surface area contributed by atoms with Crippen molar-refractivity contribution in [3.8, 4) is 0 Å². The van der Waals surface area contributed by atoms with E-state index in [9.17, 15) is 9.59 Å². The summed E-state index contributed by atoms with van der Waals surface area (Å²) in [4.78, 5) is 40.1. The molecule has 2 atom stereocenters. The fourth-order valence-electron chi connectivity index (χ4n) is 4.07. The fourth-order valence-corrected chi connectivity index (χ4v) is 6.40. The number of aromatic amines is 1. The van der Waals surface area contributed by atoms with Gasteiger partial charge in [-0.25, -0.2) is 9.97 Å². The van der Waals surface area contributed by atoms with E-state index in [0.29, 0.717) is 27.8 Å². The smallest absolute Gasteiger partial charge is 0.261 e. The Kier molecular flexibility index (Phi) is 4.78. The summed E-state index contributed by atoms with van der Waals surface area (Å²) in [6.45, 7) is 4.24. The number of aryl methyl sites for hydroxylation is 1. The summed E-state index contributed by atoms with van der Waals surface area (Å²) in [5.41, 5.74) is 1.72. The van der Waals surface area contributed by atoms with Crippen LogP contribution in [0.1, 0.15) is 41.8 Å². The summed E-state index contributed by atoms with van der Waals surface area (Å²) < 4.78 is 1.56. The van der Waals surface area contributed by atoms with E-state index in [1.165, 1.54) is 22.2 Å². The number of fused-ring (bicyclic) bond motifs is 4. The average Bonchev–Trinajstić information content (AvgIpc) is 3.09. The number of rotatable bonds is 3. The molecular formula is C22H22N4O2S2. The number of hydrogen-bond donors (Lipinski definition) is 1. The summed E-state index contributed by atoms with van der Waals surface area (Å²) in [5, 5.41) is 1.81. The number of thioether (sulfide) groups is 1. The lowest BCUT2D eigenvalue weighted by atomic mass is 9.89. The lowest BCUT2D eigenvalue weighted by Gasteiger charge is -2.17. The molecule has 6 nitrogen and oxygen atoms in total. The van der Waals surface area contributed by atoms with Gasteiger partial charge in [-0.15, -0.1) is 11.3 Å². The highest BCUT2D eigenvalue weighted by atomic mass is 32.2. The summed E-state index contributed by atoms with van der Waals surface area (Å²) in [5.74, 6) is 1.27. The Morgan fingerprint density at radius 1 is 1.27 bits per heavy atom. The van der Waals surface area contributed by atoms with Gasteiger partial charge in [0.1, 0.15) is 10.7 Å². The second-order valence-electron chi connectivity index (χ2n) is 8.02. The first-order chi connectivity index (χ1) is 14.4. The topological polar surface area (TPSA) is 80.6 Å². The predicted molar refractivity (Wildman–Crippen MR) is 123 cm³/mol. The van der Waals surface area contributed by atoms with Crippen molar-refractivity contribution in [2.24, 2.45) is 13.0 Å². The van der Waals surface area contributed by atoms with Crippen LogP contribution in [0.2, 0.25) is 0 Å². The Bertz CT molecular complexity index is 1400. The number of benzene rings is 1. The van der Waals surface area contributed by atoms with E-state index in [0.717, 1.165) is 29.5 Å². The minimum absolute atomic E-state index is 0.0603. The minimum Gasteiger partial charge on any atom is -0.309 e. The van der Waals surface area contributed by atoms with E-state index in [2.05, 4.69) is 16.9 Å². The quantitative estimate of drug-likeness (QED) is 0.383. The predicted octanol–water partition coefficient (Wildman–Crippen LogP) is 4.21. The molecule has 1 N–H and O–H groups in total. The van der Waals surface area contributed by atoms with Gasteiger partial charge in [0, 0.05) is 11.9 Å². The molecule has 30 heavy (non-hydrogen) atoms. The largest absolute Gasteiger partial charge is 0.309 e. The maximum atomic E-state index is 12.9. The molecular weight excluding hydrogens is 416 g/mol. The van der Waals surface area contributed by atoms with Gasteiger partial charge in [-0.3, -0.25) is 14.2 Å². The van der Waals surface area contributed by atoms with Crippen LogP contribution < -0.4 is 11.1 Å². The van der Waals surface area contributed by atoms with Crippen molar-refractivity contribution in [2.75, 3.05) is 0 Å². The third kappa shape index (κ3) is 3.18. The highest BCUT2D eigenvalue weighted by molar-refractivity contribution is 7.99. The monoisotopic (exact) mass is 438 g/mol. The molecule has 5 rings (SSSR count). The van der Waals surface area contributed by atoms with Gasteiger partial charge in [0.25, 0.3) is 11.1 Å². The van der Waals surface area contributed by atoms with Gasteiger partial charge in [-0.2, -0.15) is 0 Å². The van der Waals surface area contributed by atoms with Gasteiger partial charge in [0.15, 0.2) is 5.16 Å². The Hall–Kier alpha value is -2.45. The van der Waals surface area contributed by atoms with Gasteiger partial charge >= 0.3 is 0 Å². The standard InChI is InChI=1S/C22H22N4O2S2/c1-11-8-9-14-16(10-11)30-20-17(14)19(27)24-18(25-20)12(2)29-22-23-15-7-5-4-6-13(15)21(28)26(22)3/h4-7,11-12H,8-10H2,1-3H3,(H,24,25,27). The van der Waals surface area contributed by atoms with Crippen molar-refractivity contribution in [1.29, 1.82) is 0 Å². The van der Waals surface area contributed by atoms with Crippen molar-refractivity contribution in [3.05, 3.63) is 61.2 Å². The molecule has 4 aromatic rings. The summed E-state index contributed by atoms with van der Waals surface area (Å²) in [6, 6.07) is 7.34. The highest BCUT2D eigenvalue weighted by Gasteiger charge is 2.24. The zero-order valence-electron chi connectivity index (χ0n) is 17.1.